The minimum atomic E-state index is -0.133. The van der Waals surface area contributed by atoms with Gasteiger partial charge in [-0.15, -0.1) is 0 Å². The van der Waals surface area contributed by atoms with Gasteiger partial charge in [-0.25, -0.2) is 9.67 Å². The molecule has 6 nitrogen and oxygen atoms in total. The Hall–Kier alpha value is -2.93. The number of nitrogens with one attached hydrogen (secondary N) is 1. The Balaban J connectivity index is 1.44. The molecule has 0 saturated carbocycles. The van der Waals surface area contributed by atoms with Crippen LogP contribution in [0.15, 0.2) is 65.7 Å². The first-order chi connectivity index (χ1) is 12.6. The first-order valence-corrected chi connectivity index (χ1v) is 8.91. The molecule has 130 valence electrons. The maximum absolute atomic E-state index is 12.4. The van der Waals surface area contributed by atoms with Crippen LogP contribution in [0.3, 0.4) is 0 Å². The van der Waals surface area contributed by atoms with Gasteiger partial charge in [0.1, 0.15) is 5.65 Å². The SMILES string of the molecule is Cc1cnn(-c2ccc(C(=O)NCc3cn4cc(Br)ccc4n3)cc2)c1. The molecule has 0 aliphatic rings. The Bertz CT molecular complexity index is 1080. The molecule has 0 unspecified atom stereocenters. The number of aryl methyl sites for hydroxylation is 1. The quantitative estimate of drug-likeness (QED) is 0.560. The average molecular weight is 410 g/mol. The highest BCUT2D eigenvalue weighted by Crippen LogP contribution is 2.13. The van der Waals surface area contributed by atoms with Crippen molar-refractivity contribution < 1.29 is 4.79 Å². The van der Waals surface area contributed by atoms with E-state index in [1.807, 2.05) is 54.2 Å². The van der Waals surface area contributed by atoms with Gasteiger partial charge in [0.2, 0.25) is 0 Å². The van der Waals surface area contributed by atoms with Crippen molar-refractivity contribution in [3.8, 4) is 5.69 Å². The van der Waals surface area contributed by atoms with Crippen LogP contribution in [0.1, 0.15) is 21.6 Å². The number of amides is 1. The van der Waals surface area contributed by atoms with Crippen LogP contribution in [-0.4, -0.2) is 25.1 Å². The van der Waals surface area contributed by atoms with Crippen molar-refractivity contribution in [2.45, 2.75) is 13.5 Å². The van der Waals surface area contributed by atoms with Crippen LogP contribution in [-0.2, 0) is 6.54 Å². The summed E-state index contributed by atoms with van der Waals surface area (Å²) in [5.74, 6) is -0.133. The lowest BCUT2D eigenvalue weighted by Gasteiger charge is -2.05. The Labute approximate surface area is 158 Å². The molecule has 0 aliphatic heterocycles. The number of halogens is 1. The molecule has 7 heteroatoms. The van der Waals surface area contributed by atoms with Crippen molar-refractivity contribution in [1.29, 1.82) is 0 Å². The first-order valence-electron chi connectivity index (χ1n) is 8.11. The topological polar surface area (TPSA) is 64.2 Å². The van der Waals surface area contributed by atoms with Gasteiger partial charge >= 0.3 is 0 Å². The lowest BCUT2D eigenvalue weighted by molar-refractivity contribution is 0.0950. The fraction of sp³-hybridized carbons (Fsp3) is 0.105. The maximum Gasteiger partial charge on any atom is 0.251 e. The fourth-order valence-corrected chi connectivity index (χ4v) is 3.05. The summed E-state index contributed by atoms with van der Waals surface area (Å²) in [5.41, 5.74) is 4.26. The zero-order valence-electron chi connectivity index (χ0n) is 14.1. The molecule has 4 aromatic rings. The van der Waals surface area contributed by atoms with E-state index in [0.717, 1.165) is 27.1 Å². The Morgan fingerprint density at radius 2 is 1.92 bits per heavy atom. The summed E-state index contributed by atoms with van der Waals surface area (Å²) in [6, 6.07) is 11.2. The van der Waals surface area contributed by atoms with Crippen LogP contribution in [0.2, 0.25) is 0 Å². The maximum atomic E-state index is 12.4. The molecule has 0 saturated heterocycles. The molecular formula is C19H16BrN5O. The summed E-state index contributed by atoms with van der Waals surface area (Å²) in [6.07, 6.45) is 7.58. The van der Waals surface area contributed by atoms with Crippen LogP contribution in [0.4, 0.5) is 0 Å². The summed E-state index contributed by atoms with van der Waals surface area (Å²) in [6.45, 7) is 2.36. The zero-order chi connectivity index (χ0) is 18.1. The Kier molecular flexibility index (Phi) is 4.30. The van der Waals surface area contributed by atoms with E-state index in [1.165, 1.54) is 0 Å². The van der Waals surface area contributed by atoms with E-state index in [9.17, 15) is 4.79 Å². The number of hydrogen-bond acceptors (Lipinski definition) is 3. The highest BCUT2D eigenvalue weighted by molar-refractivity contribution is 9.10. The predicted molar refractivity (Wildman–Crippen MR) is 102 cm³/mol. The highest BCUT2D eigenvalue weighted by Gasteiger charge is 2.08. The van der Waals surface area contributed by atoms with Gasteiger partial charge < -0.3 is 9.72 Å². The minimum absolute atomic E-state index is 0.133. The zero-order valence-corrected chi connectivity index (χ0v) is 15.6. The van der Waals surface area contributed by atoms with E-state index < -0.39 is 0 Å². The number of fused-ring (bicyclic) bond motifs is 1. The van der Waals surface area contributed by atoms with Crippen LogP contribution < -0.4 is 5.32 Å². The summed E-state index contributed by atoms with van der Waals surface area (Å²) in [7, 11) is 0. The van der Waals surface area contributed by atoms with E-state index in [-0.39, 0.29) is 5.91 Å². The fourth-order valence-electron chi connectivity index (χ4n) is 2.69. The minimum Gasteiger partial charge on any atom is -0.346 e. The van der Waals surface area contributed by atoms with Crippen molar-refractivity contribution in [1.82, 2.24) is 24.5 Å². The summed E-state index contributed by atoms with van der Waals surface area (Å²) in [5, 5.41) is 7.17. The monoisotopic (exact) mass is 409 g/mol. The molecule has 0 aliphatic carbocycles. The van der Waals surface area contributed by atoms with Crippen molar-refractivity contribution >= 4 is 27.5 Å². The second-order valence-electron chi connectivity index (χ2n) is 6.04. The van der Waals surface area contributed by atoms with E-state index >= 15 is 0 Å². The van der Waals surface area contributed by atoms with Crippen molar-refractivity contribution in [3.05, 3.63) is 82.5 Å². The number of hydrogen-bond donors (Lipinski definition) is 1. The number of imidazole rings is 1. The van der Waals surface area contributed by atoms with Crippen molar-refractivity contribution in [2.24, 2.45) is 0 Å². The third-order valence-electron chi connectivity index (χ3n) is 4.00. The van der Waals surface area contributed by atoms with Crippen LogP contribution in [0, 0.1) is 6.92 Å². The van der Waals surface area contributed by atoms with Crippen LogP contribution in [0.5, 0.6) is 0 Å². The van der Waals surface area contributed by atoms with E-state index in [2.05, 4.69) is 31.3 Å². The van der Waals surface area contributed by atoms with E-state index in [1.54, 1.807) is 23.0 Å². The standard InChI is InChI=1S/C19H16BrN5O/c1-13-8-22-25(10-13)17-5-2-14(3-6-17)19(26)21-9-16-12-24-11-15(20)4-7-18(24)23-16/h2-8,10-12H,9H2,1H3,(H,21,26). The van der Waals surface area contributed by atoms with Gasteiger partial charge in [-0.2, -0.15) is 5.10 Å². The molecular weight excluding hydrogens is 394 g/mol. The number of pyridine rings is 1. The summed E-state index contributed by atoms with van der Waals surface area (Å²) in [4.78, 5) is 16.9. The number of carbonyl (C=O) groups is 1. The normalized spacial score (nSPS) is 11.0. The van der Waals surface area contributed by atoms with Gasteiger partial charge in [0.25, 0.3) is 5.91 Å². The van der Waals surface area contributed by atoms with E-state index in [0.29, 0.717) is 12.1 Å². The predicted octanol–water partition coefficient (Wildman–Crippen LogP) is 3.52. The number of carbonyl (C=O) groups excluding carboxylic acids is 1. The lowest BCUT2D eigenvalue weighted by atomic mass is 10.2. The first kappa shape index (κ1) is 16.5. The molecule has 1 N–H and O–H groups in total. The molecule has 0 spiro atoms. The lowest BCUT2D eigenvalue weighted by Crippen LogP contribution is -2.22. The van der Waals surface area contributed by atoms with Gasteiger partial charge in [0.05, 0.1) is 24.1 Å². The molecule has 26 heavy (non-hydrogen) atoms. The second-order valence-corrected chi connectivity index (χ2v) is 6.95. The molecule has 4 rings (SSSR count). The number of benzene rings is 1. The molecule has 0 atom stereocenters. The van der Waals surface area contributed by atoms with Gasteiger partial charge in [-0.05, 0) is 64.8 Å². The Morgan fingerprint density at radius 3 is 2.65 bits per heavy atom. The molecule has 0 fully saturated rings. The number of aromatic nitrogens is 4. The summed E-state index contributed by atoms with van der Waals surface area (Å²) >= 11 is 3.43. The average Bonchev–Trinajstić information content (AvgIpc) is 3.25. The largest absolute Gasteiger partial charge is 0.346 e. The Morgan fingerprint density at radius 1 is 1.12 bits per heavy atom. The third kappa shape index (κ3) is 3.39. The van der Waals surface area contributed by atoms with Gasteiger partial charge in [-0.3, -0.25) is 4.79 Å². The third-order valence-corrected chi connectivity index (χ3v) is 4.47. The van der Waals surface area contributed by atoms with Crippen molar-refractivity contribution in [2.75, 3.05) is 0 Å². The molecule has 3 aromatic heterocycles. The van der Waals surface area contributed by atoms with E-state index in [4.69, 9.17) is 0 Å². The molecule has 1 amide bonds. The molecule has 0 bridgehead atoms. The van der Waals surface area contributed by atoms with Crippen LogP contribution in [0.25, 0.3) is 11.3 Å². The second kappa shape index (κ2) is 6.76. The number of rotatable bonds is 4. The van der Waals surface area contributed by atoms with Gasteiger partial charge in [0, 0.05) is 28.6 Å². The van der Waals surface area contributed by atoms with Crippen LogP contribution >= 0.6 is 15.9 Å². The highest BCUT2D eigenvalue weighted by atomic mass is 79.9. The molecule has 0 radical (unpaired) electrons. The van der Waals surface area contributed by atoms with Crippen molar-refractivity contribution in [3.63, 3.8) is 0 Å². The molecule has 1 aromatic carbocycles. The van der Waals surface area contributed by atoms with Gasteiger partial charge in [-0.1, -0.05) is 0 Å². The van der Waals surface area contributed by atoms with Gasteiger partial charge in [0.15, 0.2) is 0 Å². The molecule has 3 heterocycles. The number of nitrogens with zero attached hydrogens (tertiary/aromatic N) is 4. The smallest absolute Gasteiger partial charge is 0.251 e. The summed E-state index contributed by atoms with van der Waals surface area (Å²) < 4.78 is 4.68.